The van der Waals surface area contributed by atoms with E-state index in [0.717, 1.165) is 16.7 Å². The molecule has 0 bridgehead atoms. The molecule has 2 aliphatic rings. The van der Waals surface area contributed by atoms with Crippen LogP contribution in [0.2, 0.25) is 0 Å². The zero-order valence-electron chi connectivity index (χ0n) is 13.7. The summed E-state index contributed by atoms with van der Waals surface area (Å²) in [5.74, 6) is 1.77. The predicted octanol–water partition coefficient (Wildman–Crippen LogP) is 2.10. The number of terminal acetylenes is 1. The maximum absolute atomic E-state index is 12.2. The van der Waals surface area contributed by atoms with Gasteiger partial charge in [0.25, 0.3) is 16.8 Å². The molecule has 0 unspecified atom stereocenters. The van der Waals surface area contributed by atoms with Crippen molar-refractivity contribution in [1.82, 2.24) is 4.90 Å². The van der Waals surface area contributed by atoms with Crippen LogP contribution < -0.4 is 4.90 Å². The molecule has 0 spiro atoms. The van der Waals surface area contributed by atoms with Gasteiger partial charge in [0.1, 0.15) is 5.69 Å². The zero-order chi connectivity index (χ0) is 18.7. The number of benzene rings is 1. The Labute approximate surface area is 153 Å². The first-order chi connectivity index (χ1) is 12.5. The molecule has 3 rings (SSSR count). The number of imide groups is 1. The SMILES string of the molecule is C#CCN1C(=O)S/C(=C/c2ccc(N3CCOCC3)c([N+](=O)[O-])c2)C1=O. The van der Waals surface area contributed by atoms with Crippen LogP contribution in [0.4, 0.5) is 16.2 Å². The average Bonchev–Trinajstić information content (AvgIpc) is 2.90. The standard InChI is InChI=1S/C17H15N3O5S/c1-2-5-19-16(21)15(26-17(19)22)11-12-3-4-13(14(10-12)20(23)24)18-6-8-25-9-7-18/h1,3-4,10-11H,5-9H2/b15-11+. The average molecular weight is 373 g/mol. The number of hydrogen-bond donors (Lipinski definition) is 0. The minimum Gasteiger partial charge on any atom is -0.378 e. The van der Waals surface area contributed by atoms with Gasteiger partial charge >= 0.3 is 0 Å². The minimum absolute atomic E-state index is 0.0523. The zero-order valence-corrected chi connectivity index (χ0v) is 14.5. The number of ether oxygens (including phenoxy) is 1. The summed E-state index contributed by atoms with van der Waals surface area (Å²) in [5, 5.41) is 11.0. The van der Waals surface area contributed by atoms with Gasteiger partial charge in [0.2, 0.25) is 0 Å². The van der Waals surface area contributed by atoms with Gasteiger partial charge in [-0.3, -0.25) is 24.6 Å². The van der Waals surface area contributed by atoms with Crippen LogP contribution in [0.1, 0.15) is 5.56 Å². The number of thioether (sulfide) groups is 1. The number of anilines is 1. The van der Waals surface area contributed by atoms with Gasteiger partial charge < -0.3 is 9.64 Å². The molecule has 2 fully saturated rings. The van der Waals surface area contributed by atoms with Crippen molar-refractivity contribution in [2.75, 3.05) is 37.7 Å². The second-order valence-corrected chi connectivity index (χ2v) is 6.57. The molecule has 134 valence electrons. The van der Waals surface area contributed by atoms with Gasteiger partial charge in [0.05, 0.1) is 29.6 Å². The Kier molecular flexibility index (Phi) is 5.25. The van der Waals surface area contributed by atoms with Crippen LogP contribution in [0.5, 0.6) is 0 Å². The number of carbonyl (C=O) groups excluding carboxylic acids is 2. The third kappa shape index (κ3) is 3.56. The second kappa shape index (κ2) is 7.59. The molecule has 2 heterocycles. The van der Waals surface area contributed by atoms with Gasteiger partial charge in [-0.1, -0.05) is 12.0 Å². The first kappa shape index (κ1) is 18.0. The molecule has 0 N–H and O–H groups in total. The summed E-state index contributed by atoms with van der Waals surface area (Å²) in [7, 11) is 0. The number of amides is 2. The quantitative estimate of drug-likeness (QED) is 0.345. The number of hydrogen-bond acceptors (Lipinski definition) is 7. The molecule has 8 nitrogen and oxygen atoms in total. The lowest BCUT2D eigenvalue weighted by molar-refractivity contribution is -0.384. The number of morpholine rings is 1. The highest BCUT2D eigenvalue weighted by Gasteiger charge is 2.34. The molecule has 1 aromatic rings. The van der Waals surface area contributed by atoms with Gasteiger partial charge in [-0.05, 0) is 29.5 Å². The Morgan fingerprint density at radius 3 is 2.73 bits per heavy atom. The Balaban J connectivity index is 1.91. The molecule has 0 aromatic heterocycles. The van der Waals surface area contributed by atoms with Gasteiger partial charge in [-0.15, -0.1) is 6.42 Å². The summed E-state index contributed by atoms with van der Waals surface area (Å²) >= 11 is 0.769. The molecule has 0 saturated carbocycles. The number of carbonyl (C=O) groups is 2. The normalized spacial score (nSPS) is 19.1. The van der Waals surface area contributed by atoms with E-state index in [4.69, 9.17) is 11.2 Å². The lowest BCUT2D eigenvalue weighted by Gasteiger charge is -2.28. The van der Waals surface area contributed by atoms with E-state index in [1.165, 1.54) is 12.1 Å². The van der Waals surface area contributed by atoms with Crippen molar-refractivity contribution in [1.29, 1.82) is 0 Å². The van der Waals surface area contributed by atoms with E-state index in [2.05, 4.69) is 5.92 Å². The van der Waals surface area contributed by atoms with Crippen LogP contribution in [0.25, 0.3) is 6.08 Å². The molecule has 0 radical (unpaired) electrons. The van der Waals surface area contributed by atoms with Crippen molar-refractivity contribution in [3.63, 3.8) is 0 Å². The Hall–Kier alpha value is -2.83. The van der Waals surface area contributed by atoms with E-state index in [9.17, 15) is 19.7 Å². The fourth-order valence-corrected chi connectivity index (χ4v) is 3.57. The predicted molar refractivity (Wildman–Crippen MR) is 97.6 cm³/mol. The Bertz CT molecular complexity index is 839. The lowest BCUT2D eigenvalue weighted by atomic mass is 10.1. The summed E-state index contributed by atoms with van der Waals surface area (Å²) in [5.41, 5.74) is 0.930. The fraction of sp³-hybridized carbons (Fsp3) is 0.294. The van der Waals surface area contributed by atoms with Crippen molar-refractivity contribution in [2.45, 2.75) is 0 Å². The van der Waals surface area contributed by atoms with Crippen molar-refractivity contribution in [3.05, 3.63) is 38.8 Å². The highest BCUT2D eigenvalue weighted by molar-refractivity contribution is 8.18. The number of rotatable bonds is 4. The van der Waals surface area contributed by atoms with Crippen LogP contribution in [0.3, 0.4) is 0 Å². The summed E-state index contributed by atoms with van der Waals surface area (Å²) in [6.07, 6.45) is 6.63. The summed E-state index contributed by atoms with van der Waals surface area (Å²) in [6.45, 7) is 2.08. The van der Waals surface area contributed by atoms with Crippen molar-refractivity contribution in [2.24, 2.45) is 0 Å². The third-order valence-electron chi connectivity index (χ3n) is 3.97. The maximum atomic E-state index is 12.2. The van der Waals surface area contributed by atoms with Gasteiger partial charge in [0, 0.05) is 19.2 Å². The van der Waals surface area contributed by atoms with E-state index in [0.29, 0.717) is 37.6 Å². The van der Waals surface area contributed by atoms with Crippen molar-refractivity contribution < 1.29 is 19.2 Å². The largest absolute Gasteiger partial charge is 0.378 e. The van der Waals surface area contributed by atoms with Crippen LogP contribution in [-0.2, 0) is 9.53 Å². The molecule has 2 saturated heterocycles. The Morgan fingerprint density at radius 1 is 1.35 bits per heavy atom. The van der Waals surface area contributed by atoms with Gasteiger partial charge in [0.15, 0.2) is 0 Å². The van der Waals surface area contributed by atoms with Crippen LogP contribution in [0, 0.1) is 22.5 Å². The number of nitro benzene ring substituents is 1. The smallest absolute Gasteiger partial charge is 0.294 e. The van der Waals surface area contributed by atoms with Crippen molar-refractivity contribution in [3.8, 4) is 12.3 Å². The first-order valence-corrected chi connectivity index (χ1v) is 8.63. The molecule has 9 heteroatoms. The lowest BCUT2D eigenvalue weighted by Crippen LogP contribution is -2.36. The van der Waals surface area contributed by atoms with Crippen LogP contribution in [0.15, 0.2) is 23.1 Å². The summed E-state index contributed by atoms with van der Waals surface area (Å²) in [6, 6.07) is 4.74. The second-order valence-electron chi connectivity index (χ2n) is 5.58. The molecule has 0 aliphatic carbocycles. The third-order valence-corrected chi connectivity index (χ3v) is 4.88. The maximum Gasteiger partial charge on any atom is 0.294 e. The molecule has 0 atom stereocenters. The molecule has 1 aromatic carbocycles. The summed E-state index contributed by atoms with van der Waals surface area (Å²) < 4.78 is 5.27. The molecular formula is C17H15N3O5S. The van der Waals surface area contributed by atoms with E-state index >= 15 is 0 Å². The number of nitrogens with zero attached hydrogens (tertiary/aromatic N) is 3. The molecular weight excluding hydrogens is 358 g/mol. The molecule has 2 amide bonds. The molecule has 2 aliphatic heterocycles. The topological polar surface area (TPSA) is 93.0 Å². The van der Waals surface area contributed by atoms with E-state index < -0.39 is 16.1 Å². The minimum atomic E-state index is -0.488. The van der Waals surface area contributed by atoms with Gasteiger partial charge in [-0.2, -0.15) is 0 Å². The first-order valence-electron chi connectivity index (χ1n) is 7.81. The highest BCUT2D eigenvalue weighted by atomic mass is 32.2. The van der Waals surface area contributed by atoms with Crippen molar-refractivity contribution >= 4 is 40.4 Å². The molecule has 26 heavy (non-hydrogen) atoms. The van der Waals surface area contributed by atoms with E-state index in [1.807, 2.05) is 4.90 Å². The van der Waals surface area contributed by atoms with Gasteiger partial charge in [-0.25, -0.2) is 0 Å². The van der Waals surface area contributed by atoms with E-state index in [-0.39, 0.29) is 17.1 Å². The monoisotopic (exact) mass is 373 g/mol. The summed E-state index contributed by atoms with van der Waals surface area (Å²) in [4.78, 5) is 38.1. The number of nitro groups is 1. The van der Waals surface area contributed by atoms with Crippen LogP contribution >= 0.6 is 11.8 Å². The Morgan fingerprint density at radius 2 is 2.08 bits per heavy atom. The fourth-order valence-electron chi connectivity index (χ4n) is 2.73. The van der Waals surface area contributed by atoms with E-state index in [1.54, 1.807) is 12.1 Å². The highest BCUT2D eigenvalue weighted by Crippen LogP contribution is 2.34. The van der Waals surface area contributed by atoms with Crippen LogP contribution in [-0.4, -0.2) is 53.8 Å².